The van der Waals surface area contributed by atoms with Crippen LogP contribution in [0.3, 0.4) is 0 Å². The molecule has 1 aliphatic rings. The topological polar surface area (TPSA) is 43.4 Å². The normalized spacial score (nSPS) is 16.3. The highest BCUT2D eigenvalue weighted by atomic mass is 16.6. The molecule has 1 aromatic rings. The van der Waals surface area contributed by atoms with Crippen LogP contribution in [-0.4, -0.2) is 37.5 Å². The van der Waals surface area contributed by atoms with Gasteiger partial charge in [-0.05, 0) is 11.6 Å². The summed E-state index contributed by atoms with van der Waals surface area (Å²) >= 11 is 0. The van der Waals surface area contributed by atoms with Crippen LogP contribution in [0.15, 0.2) is 24.5 Å². The molecular formula is C11H16N2O2. The monoisotopic (exact) mass is 208 g/mol. The molecule has 2 rings (SSSR count). The number of ether oxygens (including phenoxy) is 2. The van der Waals surface area contributed by atoms with E-state index in [1.165, 1.54) is 5.56 Å². The van der Waals surface area contributed by atoms with Crippen LogP contribution >= 0.6 is 0 Å². The molecule has 4 heteroatoms. The second-order valence-electron chi connectivity index (χ2n) is 3.57. The molecule has 1 N–H and O–H groups in total. The van der Waals surface area contributed by atoms with E-state index in [1.807, 2.05) is 12.3 Å². The van der Waals surface area contributed by atoms with E-state index in [0.717, 1.165) is 32.9 Å². The van der Waals surface area contributed by atoms with Crippen LogP contribution in [0, 0.1) is 0 Å². The van der Waals surface area contributed by atoms with Crippen molar-refractivity contribution in [1.29, 1.82) is 0 Å². The molecule has 1 aromatic heterocycles. The lowest BCUT2D eigenvalue weighted by Crippen LogP contribution is -2.37. The van der Waals surface area contributed by atoms with Crippen molar-refractivity contribution in [3.05, 3.63) is 30.1 Å². The van der Waals surface area contributed by atoms with Crippen LogP contribution in [0.1, 0.15) is 5.56 Å². The molecule has 82 valence electrons. The molecule has 4 nitrogen and oxygen atoms in total. The van der Waals surface area contributed by atoms with E-state index >= 15 is 0 Å². The largest absolute Gasteiger partial charge is 0.376 e. The fourth-order valence-corrected chi connectivity index (χ4v) is 1.34. The lowest BCUT2D eigenvalue weighted by molar-refractivity contribution is -0.128. The quantitative estimate of drug-likeness (QED) is 0.695. The van der Waals surface area contributed by atoms with E-state index in [1.54, 1.807) is 6.20 Å². The third-order valence-corrected chi connectivity index (χ3v) is 2.29. The van der Waals surface area contributed by atoms with E-state index in [-0.39, 0.29) is 0 Å². The van der Waals surface area contributed by atoms with Crippen molar-refractivity contribution in [3.63, 3.8) is 0 Å². The molecule has 0 bridgehead atoms. The first-order valence-corrected chi connectivity index (χ1v) is 5.24. The summed E-state index contributed by atoms with van der Waals surface area (Å²) in [5.74, 6) is 0. The molecule has 0 saturated carbocycles. The number of rotatable bonds is 6. The van der Waals surface area contributed by atoms with Crippen LogP contribution in [0.4, 0.5) is 0 Å². The van der Waals surface area contributed by atoms with Gasteiger partial charge in [0, 0.05) is 25.5 Å². The molecule has 0 aliphatic carbocycles. The number of aromatic nitrogens is 1. The second kappa shape index (κ2) is 5.80. The average Bonchev–Trinajstić information content (AvgIpc) is 2.22. The third kappa shape index (κ3) is 3.58. The molecule has 1 fully saturated rings. The summed E-state index contributed by atoms with van der Waals surface area (Å²) in [4.78, 5) is 4.05. The summed E-state index contributed by atoms with van der Waals surface area (Å²) in [6.07, 6.45) is 3.97. The molecule has 0 spiro atoms. The van der Waals surface area contributed by atoms with Crippen molar-refractivity contribution < 1.29 is 9.47 Å². The molecule has 15 heavy (non-hydrogen) atoms. The van der Waals surface area contributed by atoms with E-state index in [0.29, 0.717) is 6.10 Å². The Morgan fingerprint density at radius 2 is 2.47 bits per heavy atom. The van der Waals surface area contributed by atoms with Crippen LogP contribution in [0.5, 0.6) is 0 Å². The summed E-state index contributed by atoms with van der Waals surface area (Å²) in [6.45, 7) is 3.96. The minimum Gasteiger partial charge on any atom is -0.376 e. The number of hydrogen-bond acceptors (Lipinski definition) is 4. The maximum absolute atomic E-state index is 5.51. The third-order valence-electron chi connectivity index (χ3n) is 2.29. The summed E-state index contributed by atoms with van der Waals surface area (Å²) in [5.41, 5.74) is 1.20. The van der Waals surface area contributed by atoms with Gasteiger partial charge in [0.25, 0.3) is 0 Å². The maximum Gasteiger partial charge on any atom is 0.104 e. The first-order chi connectivity index (χ1) is 7.45. The lowest BCUT2D eigenvalue weighted by atomic mass is 10.3. The Kier molecular flexibility index (Phi) is 4.08. The number of hydrogen-bond donors (Lipinski definition) is 1. The van der Waals surface area contributed by atoms with Gasteiger partial charge in [-0.2, -0.15) is 0 Å². The summed E-state index contributed by atoms with van der Waals surface area (Å²) in [5, 5.41) is 3.30. The van der Waals surface area contributed by atoms with E-state index in [4.69, 9.17) is 9.47 Å². The van der Waals surface area contributed by atoms with E-state index < -0.39 is 0 Å². The Labute approximate surface area is 89.6 Å². The van der Waals surface area contributed by atoms with Crippen LogP contribution in [0.25, 0.3) is 0 Å². The van der Waals surface area contributed by atoms with Gasteiger partial charge in [0.1, 0.15) is 6.10 Å². The SMILES string of the molecule is c1cncc(CNCCOC2COC2)c1. The van der Waals surface area contributed by atoms with Crippen molar-refractivity contribution in [1.82, 2.24) is 10.3 Å². The Bertz CT molecular complexity index is 275. The summed E-state index contributed by atoms with van der Waals surface area (Å²) in [6, 6.07) is 4.00. The fourth-order valence-electron chi connectivity index (χ4n) is 1.34. The highest BCUT2D eigenvalue weighted by Crippen LogP contribution is 2.04. The zero-order valence-electron chi connectivity index (χ0n) is 8.69. The number of pyridine rings is 1. The zero-order chi connectivity index (χ0) is 10.3. The predicted octanol–water partition coefficient (Wildman–Crippen LogP) is 0.587. The van der Waals surface area contributed by atoms with Gasteiger partial charge in [-0.3, -0.25) is 4.98 Å². The first kappa shape index (κ1) is 10.5. The Hall–Kier alpha value is -0.970. The summed E-state index contributed by atoms with van der Waals surface area (Å²) in [7, 11) is 0. The van der Waals surface area contributed by atoms with E-state index in [2.05, 4.69) is 16.4 Å². The van der Waals surface area contributed by atoms with Crippen molar-refractivity contribution >= 4 is 0 Å². The van der Waals surface area contributed by atoms with Crippen molar-refractivity contribution in [2.24, 2.45) is 0 Å². The smallest absolute Gasteiger partial charge is 0.104 e. The molecule has 0 amide bonds. The van der Waals surface area contributed by atoms with Crippen LogP contribution < -0.4 is 5.32 Å². The minimum absolute atomic E-state index is 0.324. The van der Waals surface area contributed by atoms with Gasteiger partial charge in [-0.1, -0.05) is 6.07 Å². The number of nitrogens with zero attached hydrogens (tertiary/aromatic N) is 1. The molecule has 0 unspecified atom stereocenters. The van der Waals surface area contributed by atoms with Gasteiger partial charge in [-0.15, -0.1) is 0 Å². The van der Waals surface area contributed by atoms with Gasteiger partial charge < -0.3 is 14.8 Å². The van der Waals surface area contributed by atoms with Crippen molar-refractivity contribution in [2.45, 2.75) is 12.6 Å². The van der Waals surface area contributed by atoms with Gasteiger partial charge in [0.05, 0.1) is 19.8 Å². The average molecular weight is 208 g/mol. The standard InChI is InChI=1S/C11H16N2O2/c1-2-10(6-12-3-1)7-13-4-5-15-11-8-14-9-11/h1-3,6,11,13H,4-5,7-9H2. The van der Waals surface area contributed by atoms with Crippen molar-refractivity contribution in [3.8, 4) is 0 Å². The molecule has 2 heterocycles. The molecule has 0 atom stereocenters. The maximum atomic E-state index is 5.51. The Balaban J connectivity index is 1.51. The van der Waals surface area contributed by atoms with Crippen molar-refractivity contribution in [2.75, 3.05) is 26.4 Å². The Morgan fingerprint density at radius 3 is 3.13 bits per heavy atom. The fraction of sp³-hybridized carbons (Fsp3) is 0.545. The van der Waals surface area contributed by atoms with E-state index in [9.17, 15) is 0 Å². The highest BCUT2D eigenvalue weighted by molar-refractivity contribution is 5.07. The Morgan fingerprint density at radius 1 is 1.53 bits per heavy atom. The van der Waals surface area contributed by atoms with Crippen LogP contribution in [-0.2, 0) is 16.0 Å². The lowest BCUT2D eigenvalue weighted by Gasteiger charge is -2.25. The minimum atomic E-state index is 0.324. The van der Waals surface area contributed by atoms with Crippen LogP contribution in [0.2, 0.25) is 0 Å². The highest BCUT2D eigenvalue weighted by Gasteiger charge is 2.17. The van der Waals surface area contributed by atoms with Gasteiger partial charge in [0.15, 0.2) is 0 Å². The second-order valence-corrected chi connectivity index (χ2v) is 3.57. The molecular weight excluding hydrogens is 192 g/mol. The molecule has 1 aliphatic heterocycles. The predicted molar refractivity (Wildman–Crippen MR) is 56.5 cm³/mol. The first-order valence-electron chi connectivity index (χ1n) is 5.24. The van der Waals surface area contributed by atoms with Gasteiger partial charge in [-0.25, -0.2) is 0 Å². The molecule has 0 radical (unpaired) electrons. The zero-order valence-corrected chi connectivity index (χ0v) is 8.69. The van der Waals surface area contributed by atoms with Gasteiger partial charge >= 0.3 is 0 Å². The summed E-state index contributed by atoms with van der Waals surface area (Å²) < 4.78 is 10.5. The number of nitrogens with one attached hydrogen (secondary N) is 1. The molecule has 0 aromatic carbocycles. The van der Waals surface area contributed by atoms with Gasteiger partial charge in [0.2, 0.25) is 0 Å². The molecule has 1 saturated heterocycles.